The Labute approximate surface area is 89.0 Å². The Balaban J connectivity index is 2.57. The highest BCUT2D eigenvalue weighted by molar-refractivity contribution is 6.17. The third-order valence-electron chi connectivity index (χ3n) is 1.85. The second-order valence-corrected chi connectivity index (χ2v) is 3.14. The van der Waals surface area contributed by atoms with E-state index in [0.29, 0.717) is 25.0 Å². The predicted molar refractivity (Wildman–Crippen MR) is 55.9 cm³/mol. The number of hydrogen-bond acceptors (Lipinski definition) is 3. The second-order valence-electron chi connectivity index (χ2n) is 2.87. The summed E-state index contributed by atoms with van der Waals surface area (Å²) < 4.78 is 10.2. The highest BCUT2D eigenvalue weighted by Gasteiger charge is 2.00. The van der Waals surface area contributed by atoms with E-state index in [1.165, 1.54) is 0 Å². The fourth-order valence-corrected chi connectivity index (χ4v) is 1.30. The van der Waals surface area contributed by atoms with Crippen LogP contribution in [0.3, 0.4) is 0 Å². The van der Waals surface area contributed by atoms with Crippen molar-refractivity contribution in [3.63, 3.8) is 0 Å². The first-order valence-corrected chi connectivity index (χ1v) is 4.95. The molecule has 1 aromatic heterocycles. The minimum absolute atomic E-state index is 0.483. The van der Waals surface area contributed by atoms with Crippen LogP contribution in [0.25, 0.3) is 0 Å². The molecule has 1 heterocycles. The van der Waals surface area contributed by atoms with Gasteiger partial charge in [-0.1, -0.05) is 6.07 Å². The van der Waals surface area contributed by atoms with Crippen LogP contribution < -0.4 is 4.74 Å². The van der Waals surface area contributed by atoms with Crippen molar-refractivity contribution in [2.75, 3.05) is 20.3 Å². The SMILES string of the molecule is COCCOc1ccc(CCl)c(C)n1. The van der Waals surface area contributed by atoms with Crippen molar-refractivity contribution in [2.24, 2.45) is 0 Å². The molecule has 1 aromatic rings. The van der Waals surface area contributed by atoms with Gasteiger partial charge in [0.2, 0.25) is 5.88 Å². The predicted octanol–water partition coefficient (Wildman–Crippen LogP) is 2.15. The number of nitrogens with zero attached hydrogens (tertiary/aromatic N) is 1. The second kappa shape index (κ2) is 5.83. The molecular weight excluding hydrogens is 202 g/mol. The molecule has 0 saturated heterocycles. The molecule has 0 aliphatic carbocycles. The van der Waals surface area contributed by atoms with Gasteiger partial charge in [-0.15, -0.1) is 11.6 Å². The normalized spacial score (nSPS) is 10.2. The number of aryl methyl sites for hydroxylation is 1. The van der Waals surface area contributed by atoms with Crippen molar-refractivity contribution in [3.8, 4) is 5.88 Å². The van der Waals surface area contributed by atoms with E-state index in [4.69, 9.17) is 21.1 Å². The van der Waals surface area contributed by atoms with Gasteiger partial charge in [0.1, 0.15) is 6.61 Å². The van der Waals surface area contributed by atoms with E-state index in [9.17, 15) is 0 Å². The van der Waals surface area contributed by atoms with Crippen molar-refractivity contribution >= 4 is 11.6 Å². The van der Waals surface area contributed by atoms with E-state index in [-0.39, 0.29) is 0 Å². The zero-order valence-electron chi connectivity index (χ0n) is 8.42. The molecule has 0 fully saturated rings. The lowest BCUT2D eigenvalue weighted by Crippen LogP contribution is -2.06. The average molecular weight is 216 g/mol. The van der Waals surface area contributed by atoms with Gasteiger partial charge in [-0.05, 0) is 12.5 Å². The van der Waals surface area contributed by atoms with E-state index in [2.05, 4.69) is 4.98 Å². The zero-order chi connectivity index (χ0) is 10.4. The van der Waals surface area contributed by atoms with Crippen molar-refractivity contribution in [1.82, 2.24) is 4.98 Å². The standard InChI is InChI=1S/C10H14ClNO2/c1-8-9(7-11)3-4-10(12-8)14-6-5-13-2/h3-4H,5-7H2,1-2H3. The first-order chi connectivity index (χ1) is 6.77. The Morgan fingerprint density at radius 1 is 1.36 bits per heavy atom. The van der Waals surface area contributed by atoms with E-state index < -0.39 is 0 Å². The van der Waals surface area contributed by atoms with Gasteiger partial charge in [0.25, 0.3) is 0 Å². The van der Waals surface area contributed by atoms with Gasteiger partial charge in [-0.2, -0.15) is 0 Å². The topological polar surface area (TPSA) is 31.4 Å². The smallest absolute Gasteiger partial charge is 0.213 e. The fourth-order valence-electron chi connectivity index (χ4n) is 1.02. The fraction of sp³-hybridized carbons (Fsp3) is 0.500. The maximum atomic E-state index is 5.71. The molecule has 0 bridgehead atoms. The van der Waals surface area contributed by atoms with Crippen LogP contribution in [-0.2, 0) is 10.6 Å². The van der Waals surface area contributed by atoms with Gasteiger partial charge in [-0.25, -0.2) is 4.98 Å². The summed E-state index contributed by atoms with van der Waals surface area (Å²) in [5.41, 5.74) is 1.95. The number of aromatic nitrogens is 1. The number of methoxy groups -OCH3 is 1. The summed E-state index contributed by atoms with van der Waals surface area (Å²) in [5.74, 6) is 1.10. The average Bonchev–Trinajstić information content (AvgIpc) is 2.18. The molecule has 78 valence electrons. The lowest BCUT2D eigenvalue weighted by atomic mass is 10.2. The van der Waals surface area contributed by atoms with Crippen LogP contribution in [0.5, 0.6) is 5.88 Å². The van der Waals surface area contributed by atoms with Crippen LogP contribution in [0.15, 0.2) is 12.1 Å². The van der Waals surface area contributed by atoms with Gasteiger partial charge in [0, 0.05) is 24.8 Å². The highest BCUT2D eigenvalue weighted by atomic mass is 35.5. The van der Waals surface area contributed by atoms with E-state index >= 15 is 0 Å². The van der Waals surface area contributed by atoms with Gasteiger partial charge in [-0.3, -0.25) is 0 Å². The molecule has 0 atom stereocenters. The molecule has 0 aliphatic heterocycles. The summed E-state index contributed by atoms with van der Waals surface area (Å²) in [6.07, 6.45) is 0. The summed E-state index contributed by atoms with van der Waals surface area (Å²) in [6.45, 7) is 3.00. The lowest BCUT2D eigenvalue weighted by Gasteiger charge is -2.06. The summed E-state index contributed by atoms with van der Waals surface area (Å²) in [5, 5.41) is 0. The Bertz CT molecular complexity index is 291. The van der Waals surface area contributed by atoms with Crippen molar-refractivity contribution < 1.29 is 9.47 Å². The summed E-state index contributed by atoms with van der Waals surface area (Å²) in [6, 6.07) is 3.75. The number of pyridine rings is 1. The molecule has 0 radical (unpaired) electrons. The molecule has 3 nitrogen and oxygen atoms in total. The first-order valence-electron chi connectivity index (χ1n) is 4.42. The Kier molecular flexibility index (Phi) is 4.70. The van der Waals surface area contributed by atoms with Crippen LogP contribution in [0, 0.1) is 6.92 Å². The molecule has 1 rings (SSSR count). The summed E-state index contributed by atoms with van der Waals surface area (Å²) >= 11 is 5.71. The zero-order valence-corrected chi connectivity index (χ0v) is 9.17. The summed E-state index contributed by atoms with van der Waals surface area (Å²) in [4.78, 5) is 4.25. The van der Waals surface area contributed by atoms with E-state index in [1.807, 2.05) is 19.1 Å². The van der Waals surface area contributed by atoms with E-state index in [1.54, 1.807) is 7.11 Å². The number of rotatable bonds is 5. The van der Waals surface area contributed by atoms with Crippen LogP contribution in [-0.4, -0.2) is 25.3 Å². The van der Waals surface area contributed by atoms with Crippen LogP contribution in [0.4, 0.5) is 0 Å². The molecule has 0 N–H and O–H groups in total. The third kappa shape index (κ3) is 3.16. The lowest BCUT2D eigenvalue weighted by molar-refractivity contribution is 0.143. The monoisotopic (exact) mass is 215 g/mol. The van der Waals surface area contributed by atoms with Crippen molar-refractivity contribution in [2.45, 2.75) is 12.8 Å². The third-order valence-corrected chi connectivity index (χ3v) is 2.14. The van der Waals surface area contributed by atoms with Crippen LogP contribution in [0.2, 0.25) is 0 Å². The highest BCUT2D eigenvalue weighted by Crippen LogP contribution is 2.13. The van der Waals surface area contributed by atoms with E-state index in [0.717, 1.165) is 11.3 Å². The Morgan fingerprint density at radius 2 is 2.14 bits per heavy atom. The van der Waals surface area contributed by atoms with Gasteiger partial charge in [0.15, 0.2) is 0 Å². The largest absolute Gasteiger partial charge is 0.475 e. The molecule has 4 heteroatoms. The molecule has 0 unspecified atom stereocenters. The van der Waals surface area contributed by atoms with Gasteiger partial charge in [0.05, 0.1) is 6.61 Å². The number of alkyl halides is 1. The minimum atomic E-state index is 0.483. The number of hydrogen-bond donors (Lipinski definition) is 0. The molecule has 0 amide bonds. The molecule has 0 saturated carbocycles. The summed E-state index contributed by atoms with van der Waals surface area (Å²) in [7, 11) is 1.64. The number of ether oxygens (including phenoxy) is 2. The van der Waals surface area contributed by atoms with Crippen LogP contribution >= 0.6 is 11.6 Å². The Hall–Kier alpha value is -0.800. The molecule has 0 aliphatic rings. The first kappa shape index (κ1) is 11.3. The maximum Gasteiger partial charge on any atom is 0.213 e. The molecule has 0 aromatic carbocycles. The van der Waals surface area contributed by atoms with Crippen molar-refractivity contribution in [3.05, 3.63) is 23.4 Å². The maximum absolute atomic E-state index is 5.71. The number of halogens is 1. The molecule has 0 spiro atoms. The Morgan fingerprint density at radius 3 is 2.71 bits per heavy atom. The molecular formula is C10H14ClNO2. The molecule has 14 heavy (non-hydrogen) atoms. The minimum Gasteiger partial charge on any atom is -0.475 e. The van der Waals surface area contributed by atoms with Gasteiger partial charge < -0.3 is 9.47 Å². The van der Waals surface area contributed by atoms with Crippen LogP contribution in [0.1, 0.15) is 11.3 Å². The van der Waals surface area contributed by atoms with Crippen molar-refractivity contribution in [1.29, 1.82) is 0 Å². The quantitative estimate of drug-likeness (QED) is 0.557. The van der Waals surface area contributed by atoms with Gasteiger partial charge >= 0.3 is 0 Å².